The maximum absolute atomic E-state index is 11.6. The summed E-state index contributed by atoms with van der Waals surface area (Å²) in [6.45, 7) is 9.45. The standard InChI is InChI=1S/C12H23NO3/c1-3-13(6-8-15-4-2)9-11-10-16-7-5-12(11)14/h11H,3-10H2,1-2H3. The van der Waals surface area contributed by atoms with Crippen LogP contribution >= 0.6 is 0 Å². The number of hydrogen-bond acceptors (Lipinski definition) is 4. The maximum Gasteiger partial charge on any atom is 0.141 e. The van der Waals surface area contributed by atoms with Crippen LogP contribution in [0.2, 0.25) is 0 Å². The molecule has 1 fully saturated rings. The molecule has 1 aliphatic rings. The molecule has 0 aliphatic carbocycles. The van der Waals surface area contributed by atoms with Gasteiger partial charge in [-0.15, -0.1) is 0 Å². The van der Waals surface area contributed by atoms with E-state index in [4.69, 9.17) is 9.47 Å². The van der Waals surface area contributed by atoms with Gasteiger partial charge in [0, 0.05) is 26.1 Å². The van der Waals surface area contributed by atoms with E-state index < -0.39 is 0 Å². The lowest BCUT2D eigenvalue weighted by atomic mass is 10.00. The van der Waals surface area contributed by atoms with Gasteiger partial charge in [0.15, 0.2) is 0 Å². The summed E-state index contributed by atoms with van der Waals surface area (Å²) in [5.41, 5.74) is 0. The van der Waals surface area contributed by atoms with E-state index in [0.29, 0.717) is 25.4 Å². The van der Waals surface area contributed by atoms with Crippen LogP contribution < -0.4 is 0 Å². The number of carbonyl (C=O) groups excluding carboxylic acids is 1. The van der Waals surface area contributed by atoms with Crippen molar-refractivity contribution in [3.8, 4) is 0 Å². The van der Waals surface area contributed by atoms with E-state index >= 15 is 0 Å². The zero-order valence-corrected chi connectivity index (χ0v) is 10.4. The predicted molar refractivity (Wildman–Crippen MR) is 62.5 cm³/mol. The van der Waals surface area contributed by atoms with Gasteiger partial charge in [-0.3, -0.25) is 4.79 Å². The minimum atomic E-state index is 0.0651. The average molecular weight is 229 g/mol. The highest BCUT2D eigenvalue weighted by Gasteiger charge is 2.24. The molecule has 0 radical (unpaired) electrons. The van der Waals surface area contributed by atoms with Crippen LogP contribution in [0.15, 0.2) is 0 Å². The molecule has 1 unspecified atom stereocenters. The Hall–Kier alpha value is -0.450. The summed E-state index contributed by atoms with van der Waals surface area (Å²) < 4.78 is 10.7. The van der Waals surface area contributed by atoms with Gasteiger partial charge in [-0.2, -0.15) is 0 Å². The van der Waals surface area contributed by atoms with E-state index in [1.54, 1.807) is 0 Å². The van der Waals surface area contributed by atoms with Crippen molar-refractivity contribution in [2.75, 3.05) is 46.1 Å². The molecular weight excluding hydrogens is 206 g/mol. The Bertz CT molecular complexity index is 208. The first-order chi connectivity index (χ1) is 7.77. The molecule has 0 aromatic carbocycles. The number of ether oxygens (including phenoxy) is 2. The number of hydrogen-bond donors (Lipinski definition) is 0. The summed E-state index contributed by atoms with van der Waals surface area (Å²) >= 11 is 0. The summed E-state index contributed by atoms with van der Waals surface area (Å²) in [5, 5.41) is 0. The van der Waals surface area contributed by atoms with Gasteiger partial charge in [0.05, 0.1) is 25.7 Å². The topological polar surface area (TPSA) is 38.8 Å². The van der Waals surface area contributed by atoms with Crippen LogP contribution in [0.3, 0.4) is 0 Å². The third-order valence-electron chi connectivity index (χ3n) is 2.95. The first-order valence-electron chi connectivity index (χ1n) is 6.18. The van der Waals surface area contributed by atoms with Crippen molar-refractivity contribution in [3.63, 3.8) is 0 Å². The molecule has 0 saturated carbocycles. The van der Waals surface area contributed by atoms with Crippen molar-refractivity contribution < 1.29 is 14.3 Å². The smallest absolute Gasteiger partial charge is 0.141 e. The highest BCUT2D eigenvalue weighted by atomic mass is 16.5. The summed E-state index contributed by atoms with van der Waals surface area (Å²) in [7, 11) is 0. The molecule has 94 valence electrons. The molecule has 1 rings (SSSR count). The number of nitrogens with zero attached hydrogens (tertiary/aromatic N) is 1. The monoisotopic (exact) mass is 229 g/mol. The van der Waals surface area contributed by atoms with Gasteiger partial charge in [0.25, 0.3) is 0 Å². The quantitative estimate of drug-likeness (QED) is 0.609. The van der Waals surface area contributed by atoms with E-state index in [-0.39, 0.29) is 5.92 Å². The number of likely N-dealkylation sites (N-methyl/N-ethyl adjacent to an activating group) is 1. The summed E-state index contributed by atoms with van der Waals surface area (Å²) in [4.78, 5) is 13.9. The van der Waals surface area contributed by atoms with Crippen LogP contribution in [0.5, 0.6) is 0 Å². The molecule has 0 aromatic heterocycles. The van der Waals surface area contributed by atoms with Crippen molar-refractivity contribution in [3.05, 3.63) is 0 Å². The first-order valence-corrected chi connectivity index (χ1v) is 6.18. The maximum atomic E-state index is 11.6. The molecule has 0 spiro atoms. The Balaban J connectivity index is 2.27. The van der Waals surface area contributed by atoms with Crippen LogP contribution in [0.25, 0.3) is 0 Å². The van der Waals surface area contributed by atoms with Crippen LogP contribution in [0.1, 0.15) is 20.3 Å². The summed E-state index contributed by atoms with van der Waals surface area (Å²) in [6, 6.07) is 0. The van der Waals surface area contributed by atoms with E-state index in [1.807, 2.05) is 6.92 Å². The fraction of sp³-hybridized carbons (Fsp3) is 0.917. The fourth-order valence-electron chi connectivity index (χ4n) is 1.88. The summed E-state index contributed by atoms with van der Waals surface area (Å²) in [5.74, 6) is 0.413. The lowest BCUT2D eigenvalue weighted by Crippen LogP contribution is -2.39. The molecule has 1 atom stereocenters. The van der Waals surface area contributed by atoms with Crippen molar-refractivity contribution in [1.29, 1.82) is 0 Å². The van der Waals surface area contributed by atoms with Gasteiger partial charge in [0.2, 0.25) is 0 Å². The molecular formula is C12H23NO3. The van der Waals surface area contributed by atoms with Gasteiger partial charge in [-0.1, -0.05) is 6.92 Å². The Labute approximate surface area is 97.9 Å². The second kappa shape index (κ2) is 7.76. The molecule has 4 heteroatoms. The molecule has 0 aromatic rings. The van der Waals surface area contributed by atoms with E-state index in [9.17, 15) is 4.79 Å². The average Bonchev–Trinajstić information content (AvgIpc) is 2.30. The van der Waals surface area contributed by atoms with Crippen LogP contribution in [0.4, 0.5) is 0 Å². The van der Waals surface area contributed by atoms with Crippen molar-refractivity contribution in [1.82, 2.24) is 4.90 Å². The SMILES string of the molecule is CCOCCN(CC)CC1COCCC1=O. The van der Waals surface area contributed by atoms with Crippen LogP contribution in [-0.4, -0.2) is 56.7 Å². The molecule has 16 heavy (non-hydrogen) atoms. The lowest BCUT2D eigenvalue weighted by Gasteiger charge is -2.27. The molecule has 0 amide bonds. The minimum Gasteiger partial charge on any atom is -0.380 e. The van der Waals surface area contributed by atoms with Crippen LogP contribution in [-0.2, 0) is 14.3 Å². The molecule has 0 N–H and O–H groups in total. The first kappa shape index (κ1) is 13.6. The van der Waals surface area contributed by atoms with Crippen molar-refractivity contribution in [2.45, 2.75) is 20.3 Å². The Morgan fingerprint density at radius 3 is 2.94 bits per heavy atom. The summed E-state index contributed by atoms with van der Waals surface area (Å²) in [6.07, 6.45) is 0.577. The van der Waals surface area contributed by atoms with E-state index in [2.05, 4.69) is 11.8 Å². The Kier molecular flexibility index (Phi) is 6.61. The van der Waals surface area contributed by atoms with Gasteiger partial charge >= 0.3 is 0 Å². The molecule has 1 aliphatic heterocycles. The van der Waals surface area contributed by atoms with Gasteiger partial charge in [0.1, 0.15) is 5.78 Å². The Morgan fingerprint density at radius 1 is 1.50 bits per heavy atom. The predicted octanol–water partition coefficient (Wildman–Crippen LogP) is 0.950. The van der Waals surface area contributed by atoms with E-state index in [1.165, 1.54) is 0 Å². The van der Waals surface area contributed by atoms with Crippen molar-refractivity contribution >= 4 is 5.78 Å². The number of rotatable bonds is 7. The minimum absolute atomic E-state index is 0.0651. The molecule has 4 nitrogen and oxygen atoms in total. The van der Waals surface area contributed by atoms with Gasteiger partial charge in [-0.05, 0) is 13.5 Å². The van der Waals surface area contributed by atoms with Crippen molar-refractivity contribution in [2.24, 2.45) is 5.92 Å². The molecule has 1 heterocycles. The highest BCUT2D eigenvalue weighted by Crippen LogP contribution is 2.11. The number of carbonyl (C=O) groups is 1. The normalized spacial score (nSPS) is 21.7. The molecule has 0 bridgehead atoms. The number of Topliss-reactive ketones (excluding diaryl/α,β-unsaturated/α-hetero) is 1. The van der Waals surface area contributed by atoms with Gasteiger partial charge < -0.3 is 14.4 Å². The van der Waals surface area contributed by atoms with Gasteiger partial charge in [-0.25, -0.2) is 0 Å². The third-order valence-corrected chi connectivity index (χ3v) is 2.95. The zero-order chi connectivity index (χ0) is 11.8. The Morgan fingerprint density at radius 2 is 2.31 bits per heavy atom. The number of ketones is 1. The highest BCUT2D eigenvalue weighted by molar-refractivity contribution is 5.82. The zero-order valence-electron chi connectivity index (χ0n) is 10.4. The fourth-order valence-corrected chi connectivity index (χ4v) is 1.88. The third kappa shape index (κ3) is 4.60. The second-order valence-electron chi connectivity index (χ2n) is 4.08. The van der Waals surface area contributed by atoms with Crippen LogP contribution in [0, 0.1) is 5.92 Å². The van der Waals surface area contributed by atoms with E-state index in [0.717, 1.165) is 32.8 Å². The lowest BCUT2D eigenvalue weighted by molar-refractivity contribution is -0.131. The second-order valence-corrected chi connectivity index (χ2v) is 4.08. The largest absolute Gasteiger partial charge is 0.380 e. The molecule has 1 saturated heterocycles.